The van der Waals surface area contributed by atoms with Gasteiger partial charge >= 0.3 is 29.8 Å². The van der Waals surface area contributed by atoms with Crippen LogP contribution in [0.15, 0.2) is 23.0 Å². The molecule has 5 aliphatic heterocycles. The summed E-state index contributed by atoms with van der Waals surface area (Å²) in [5, 5.41) is 0. The Morgan fingerprint density at radius 1 is 0.906 bits per heavy atom. The molecule has 3 spiro atoms. The first kappa shape index (κ1) is 34.0. The van der Waals surface area contributed by atoms with Gasteiger partial charge in [0, 0.05) is 49.0 Å². The van der Waals surface area contributed by atoms with E-state index in [1.54, 1.807) is 33.8 Å². The van der Waals surface area contributed by atoms with Gasteiger partial charge in [-0.1, -0.05) is 20.8 Å². The molecule has 0 aromatic carbocycles. The maximum atomic E-state index is 14.3. The molecule has 4 aliphatic carbocycles. The summed E-state index contributed by atoms with van der Waals surface area (Å²) in [6, 6.07) is 1.74. The Kier molecular flexibility index (Phi) is 6.18. The van der Waals surface area contributed by atoms with Crippen molar-refractivity contribution in [1.82, 2.24) is 0 Å². The van der Waals surface area contributed by atoms with E-state index in [9.17, 15) is 24.0 Å². The van der Waals surface area contributed by atoms with Crippen LogP contribution in [0, 0.1) is 28.1 Å². The topological polar surface area (TPSA) is 185 Å². The maximum absolute atomic E-state index is 14.3. The van der Waals surface area contributed by atoms with Crippen LogP contribution in [0.3, 0.4) is 0 Å². The number of hydrogen-bond donors (Lipinski definition) is 0. The summed E-state index contributed by atoms with van der Waals surface area (Å²) in [7, 11) is 0. The van der Waals surface area contributed by atoms with Crippen LogP contribution in [-0.4, -0.2) is 88.7 Å². The molecule has 9 fully saturated rings. The Bertz CT molecular complexity index is 1900. The van der Waals surface area contributed by atoms with Crippen molar-refractivity contribution < 1.29 is 71.0 Å². The van der Waals surface area contributed by atoms with E-state index in [0.29, 0.717) is 12.0 Å². The van der Waals surface area contributed by atoms with E-state index in [-0.39, 0.29) is 38.7 Å². The molecule has 6 heterocycles. The summed E-state index contributed by atoms with van der Waals surface area (Å²) in [6.45, 7) is 11.6. The van der Waals surface area contributed by atoms with Gasteiger partial charge in [-0.15, -0.1) is 0 Å². The first-order valence-electron chi connectivity index (χ1n) is 18.6. The zero-order valence-corrected chi connectivity index (χ0v) is 30.8. The van der Waals surface area contributed by atoms with Crippen molar-refractivity contribution in [3.05, 3.63) is 24.2 Å². The van der Waals surface area contributed by atoms with Gasteiger partial charge in [-0.25, -0.2) is 4.79 Å². The van der Waals surface area contributed by atoms with Crippen molar-refractivity contribution >= 4 is 29.8 Å². The Morgan fingerprint density at radius 3 is 2.28 bits per heavy atom. The maximum Gasteiger partial charge on any atom is 0.341 e. The predicted molar refractivity (Wildman–Crippen MR) is 171 cm³/mol. The molecule has 15 nitrogen and oxygen atoms in total. The molecule has 53 heavy (non-hydrogen) atoms. The second-order valence-electron chi connectivity index (χ2n) is 17.6. The molecule has 0 radical (unpaired) electrons. The zero-order chi connectivity index (χ0) is 37.6. The molecular weight excluding hydrogens is 696 g/mol. The van der Waals surface area contributed by atoms with E-state index in [2.05, 4.69) is 0 Å². The lowest BCUT2D eigenvalue weighted by Crippen LogP contribution is -2.95. The number of cyclic esters (lactones) is 2. The third-order valence-corrected chi connectivity index (χ3v) is 15.4. The van der Waals surface area contributed by atoms with Gasteiger partial charge in [-0.3, -0.25) is 19.2 Å². The van der Waals surface area contributed by atoms with E-state index in [1.807, 2.05) is 13.8 Å². The molecule has 4 bridgehead atoms. The first-order chi connectivity index (χ1) is 24.9. The molecule has 4 saturated carbocycles. The third-order valence-electron chi connectivity index (χ3n) is 15.4. The molecule has 0 N–H and O–H groups in total. The SMILES string of the molecule is CCC(=O)O[C@@H]1[C@@]2(OC(C)=O)[C@@H](OC(=O)[C@@]3(C)O[C@@H]3C)[C@@]3(C)C[C@]24OC2(C)O[C@]15[C@@H]1CC(=O)O[C@@H](c6ccoc6)[C@]1(C)CC[C@]5(O2)[C@@]41COC(=O)C[C@@H]31. The molecule has 1 aromatic rings. The number of epoxide rings is 1. The van der Waals surface area contributed by atoms with E-state index in [4.69, 9.17) is 47.0 Å². The zero-order valence-electron chi connectivity index (χ0n) is 30.8. The van der Waals surface area contributed by atoms with Gasteiger partial charge < -0.3 is 47.0 Å². The van der Waals surface area contributed by atoms with Crippen LogP contribution < -0.4 is 0 Å². The monoisotopic (exact) mass is 740 g/mol. The third kappa shape index (κ3) is 3.36. The minimum absolute atomic E-state index is 0.0696. The standard InChI is InChI=1S/C38H44O15/c1-8-23(40)47-28-37-22-14-25(42)46-26(20-9-12-44-15-20)30(22,4)10-11-35(37)34-17-45-24(41)13-21(34)31(5)16-36(34,52-33(7,51-35)53-37)38(28,50-19(3)39)27(31)48-29(43)32(6)18(2)49-32/h9,12,15,18,21-22,26-28H,8,10-11,13-14,16-17H2,1-7H3/t18-,21+,22-,26+,27+,28+,30-,31+,32+,33?,34+,35+,36-,37-,38+/m1/s1. The van der Waals surface area contributed by atoms with Crippen molar-refractivity contribution in [3.8, 4) is 0 Å². The van der Waals surface area contributed by atoms with Gasteiger partial charge in [0.15, 0.2) is 17.8 Å². The first-order valence-corrected chi connectivity index (χ1v) is 18.6. The molecule has 286 valence electrons. The number of furan rings is 1. The number of esters is 5. The number of rotatable bonds is 6. The van der Waals surface area contributed by atoms with Gasteiger partial charge in [0.25, 0.3) is 5.97 Å². The van der Waals surface area contributed by atoms with Crippen LogP contribution in [0.5, 0.6) is 0 Å². The molecule has 1 aromatic heterocycles. The Hall–Kier alpha value is -3.53. The van der Waals surface area contributed by atoms with Crippen LogP contribution in [-0.2, 0) is 66.6 Å². The van der Waals surface area contributed by atoms with Gasteiger partial charge in [-0.2, -0.15) is 0 Å². The highest BCUT2D eigenvalue weighted by Gasteiger charge is 3.06. The van der Waals surface area contributed by atoms with E-state index in [1.165, 1.54) is 19.5 Å². The summed E-state index contributed by atoms with van der Waals surface area (Å²) in [5.41, 5.74) is -11.0. The Labute approximate surface area is 304 Å². The number of fused-ring (bicyclic) bond motifs is 4. The molecule has 10 rings (SSSR count). The average Bonchev–Trinajstić information content (AvgIpc) is 3.44. The van der Waals surface area contributed by atoms with Gasteiger partial charge in [0.05, 0.1) is 30.5 Å². The Morgan fingerprint density at radius 2 is 1.62 bits per heavy atom. The van der Waals surface area contributed by atoms with Crippen molar-refractivity contribution in [1.29, 1.82) is 0 Å². The van der Waals surface area contributed by atoms with Crippen LogP contribution >= 0.6 is 0 Å². The van der Waals surface area contributed by atoms with Crippen molar-refractivity contribution in [2.24, 2.45) is 28.1 Å². The van der Waals surface area contributed by atoms with Crippen molar-refractivity contribution in [3.63, 3.8) is 0 Å². The molecule has 5 saturated heterocycles. The Balaban J connectivity index is 1.31. The lowest BCUT2D eigenvalue weighted by Gasteiger charge is -2.77. The summed E-state index contributed by atoms with van der Waals surface area (Å²) in [5.74, 6) is -6.40. The molecule has 9 aliphatic rings. The van der Waals surface area contributed by atoms with Gasteiger partial charge in [0.2, 0.25) is 5.60 Å². The van der Waals surface area contributed by atoms with Crippen LogP contribution in [0.2, 0.25) is 0 Å². The number of carbonyl (C=O) groups is 5. The molecule has 0 amide bonds. The van der Waals surface area contributed by atoms with Crippen LogP contribution in [0.1, 0.15) is 98.7 Å². The lowest BCUT2D eigenvalue weighted by molar-refractivity contribution is -0.485. The summed E-state index contributed by atoms with van der Waals surface area (Å²) in [6.07, 6.45) is -0.646. The van der Waals surface area contributed by atoms with Gasteiger partial charge in [0.1, 0.15) is 29.5 Å². The minimum Gasteiger partial charge on any atom is -0.472 e. The highest BCUT2D eigenvalue weighted by atomic mass is 16.9. The molecule has 15 atom stereocenters. The second kappa shape index (κ2) is 9.64. The lowest BCUT2D eigenvalue weighted by atomic mass is 9.33. The van der Waals surface area contributed by atoms with E-state index < -0.39 is 116 Å². The van der Waals surface area contributed by atoms with Crippen LogP contribution in [0.4, 0.5) is 0 Å². The molecule has 1 unspecified atom stereocenters. The average molecular weight is 741 g/mol. The number of hydrogen-bond acceptors (Lipinski definition) is 15. The van der Waals surface area contributed by atoms with Crippen molar-refractivity contribution in [2.75, 3.05) is 6.61 Å². The quantitative estimate of drug-likeness (QED) is 0.235. The molecule has 15 heteroatoms. The highest BCUT2D eigenvalue weighted by molar-refractivity contribution is 5.84. The number of carbonyl (C=O) groups excluding carboxylic acids is 5. The van der Waals surface area contributed by atoms with Crippen molar-refractivity contribution in [2.45, 2.75) is 145 Å². The highest BCUT2D eigenvalue weighted by Crippen LogP contribution is 2.90. The molecular formula is C38H44O15. The number of ether oxygens (including phenoxy) is 9. The summed E-state index contributed by atoms with van der Waals surface area (Å²) in [4.78, 5) is 69.4. The fraction of sp³-hybridized carbons (Fsp3) is 0.763. The summed E-state index contributed by atoms with van der Waals surface area (Å²) < 4.78 is 65.1. The van der Waals surface area contributed by atoms with E-state index >= 15 is 0 Å². The smallest absolute Gasteiger partial charge is 0.341 e. The largest absolute Gasteiger partial charge is 0.472 e. The minimum atomic E-state index is -2.08. The van der Waals surface area contributed by atoms with Gasteiger partial charge in [-0.05, 0) is 45.1 Å². The second-order valence-corrected chi connectivity index (χ2v) is 17.6. The normalized spacial score (nSPS) is 54.5. The fourth-order valence-corrected chi connectivity index (χ4v) is 13.6. The summed E-state index contributed by atoms with van der Waals surface area (Å²) >= 11 is 0. The predicted octanol–water partition coefficient (Wildman–Crippen LogP) is 3.35. The van der Waals surface area contributed by atoms with E-state index in [0.717, 1.165) is 0 Å². The van der Waals surface area contributed by atoms with Crippen LogP contribution in [0.25, 0.3) is 0 Å². The fourth-order valence-electron chi connectivity index (χ4n) is 13.6.